The standard InChI is InChI=1S/C43H42BrF7N4O6/c1-21-31(43(49,50)51)27(17-29(33(21)45)53(18-22-7-12-25(58-5)13-8-22)19-23-9-14-26(59-6)15-10-23)35-34(46)32(44)30-39(52-35)60-37(38(47)48)36-28-16-11-24(20-54(36)40(30)56)55(28)41(57)61-42(2,3)4/h7-10,12-15,17,24,28,36-38H,11,16,18-20H2,1-6H3/t24-,28+,36+,37-/m1/s1. The van der Waals surface area contributed by atoms with Crippen LogP contribution in [0.25, 0.3) is 11.3 Å². The predicted octanol–water partition coefficient (Wildman–Crippen LogP) is 9.96. The van der Waals surface area contributed by atoms with Crippen molar-refractivity contribution in [2.45, 2.75) is 96.1 Å². The lowest BCUT2D eigenvalue weighted by Crippen LogP contribution is -2.67. The highest BCUT2D eigenvalue weighted by Crippen LogP contribution is 2.48. The number of benzene rings is 3. The van der Waals surface area contributed by atoms with E-state index in [1.165, 1.54) is 24.0 Å². The molecule has 2 fully saturated rings. The van der Waals surface area contributed by atoms with Gasteiger partial charge in [-0.25, -0.2) is 27.3 Å². The number of fused-ring (bicyclic) bond motifs is 5. The number of halogens is 8. The van der Waals surface area contributed by atoms with Crippen molar-refractivity contribution in [3.05, 3.63) is 98.5 Å². The Hall–Kier alpha value is -5.26. The molecule has 0 radical (unpaired) electrons. The number of amides is 2. The van der Waals surface area contributed by atoms with Gasteiger partial charge in [0.25, 0.3) is 12.3 Å². The minimum absolute atomic E-state index is 0.0473. The molecular formula is C43H42BrF7N4O6. The Morgan fingerprint density at radius 1 is 0.951 bits per heavy atom. The fourth-order valence-electron chi connectivity index (χ4n) is 8.39. The SMILES string of the molecule is COc1ccc(CN(Cc2ccc(OC)cc2)c2cc(-c3nc4c(c(Br)c3F)C(=O)N3C[C@H]5CC[C@@H]([C@H]3[C@H](C(F)F)O4)N5C(=O)OC(C)(C)C)c(C(F)(F)F)c(C)c2F)cc1. The molecule has 0 N–H and O–H groups in total. The van der Waals surface area contributed by atoms with Crippen LogP contribution >= 0.6 is 15.9 Å². The monoisotopic (exact) mass is 922 g/mol. The maximum atomic E-state index is 16.9. The van der Waals surface area contributed by atoms with Crippen molar-refractivity contribution < 1.29 is 59.3 Å². The van der Waals surface area contributed by atoms with E-state index in [1.807, 2.05) is 0 Å². The van der Waals surface area contributed by atoms with Crippen LogP contribution in [0.4, 0.5) is 41.2 Å². The molecule has 0 spiro atoms. The number of hydrogen-bond acceptors (Lipinski definition) is 8. The van der Waals surface area contributed by atoms with Crippen LogP contribution in [0.1, 0.15) is 66.2 Å². The van der Waals surface area contributed by atoms with Crippen LogP contribution < -0.4 is 19.1 Å². The van der Waals surface area contributed by atoms with E-state index in [4.69, 9.17) is 18.9 Å². The molecular weight excluding hydrogens is 881 g/mol. The van der Waals surface area contributed by atoms with Gasteiger partial charge in [0.15, 0.2) is 11.9 Å². The average Bonchev–Trinajstić information content (AvgIpc) is 3.45. The van der Waals surface area contributed by atoms with Crippen LogP contribution in [0.3, 0.4) is 0 Å². The summed E-state index contributed by atoms with van der Waals surface area (Å²) in [5, 5.41) is 0. The van der Waals surface area contributed by atoms with Gasteiger partial charge in [-0.2, -0.15) is 13.2 Å². The summed E-state index contributed by atoms with van der Waals surface area (Å²) in [5.74, 6) is -3.49. The summed E-state index contributed by atoms with van der Waals surface area (Å²) in [6, 6.07) is 11.1. The first-order chi connectivity index (χ1) is 28.7. The summed E-state index contributed by atoms with van der Waals surface area (Å²) in [5.41, 5.74) is -5.12. The number of nitrogens with zero attached hydrogens (tertiary/aromatic N) is 4. The van der Waals surface area contributed by atoms with Crippen molar-refractivity contribution in [1.29, 1.82) is 0 Å². The van der Waals surface area contributed by atoms with Gasteiger partial charge >= 0.3 is 12.3 Å². The molecule has 10 nitrogen and oxygen atoms in total. The predicted molar refractivity (Wildman–Crippen MR) is 213 cm³/mol. The van der Waals surface area contributed by atoms with Crippen LogP contribution in [-0.2, 0) is 24.0 Å². The maximum Gasteiger partial charge on any atom is 0.417 e. The van der Waals surface area contributed by atoms with Crippen molar-refractivity contribution >= 4 is 33.6 Å². The fourth-order valence-corrected chi connectivity index (χ4v) is 8.92. The van der Waals surface area contributed by atoms with Gasteiger partial charge in [0.1, 0.15) is 34.2 Å². The van der Waals surface area contributed by atoms with Gasteiger partial charge in [-0.15, -0.1) is 0 Å². The summed E-state index contributed by atoms with van der Waals surface area (Å²) >= 11 is 3.04. The van der Waals surface area contributed by atoms with E-state index in [0.717, 1.165) is 17.9 Å². The van der Waals surface area contributed by atoms with E-state index in [0.29, 0.717) is 29.0 Å². The largest absolute Gasteiger partial charge is 0.497 e. The summed E-state index contributed by atoms with van der Waals surface area (Å²) in [4.78, 5) is 35.7. The first-order valence-corrected chi connectivity index (χ1v) is 20.1. The number of hydrogen-bond donors (Lipinski definition) is 0. The fraction of sp³-hybridized carbons (Fsp3) is 0.419. The zero-order valence-corrected chi connectivity index (χ0v) is 35.5. The Labute approximate surface area is 355 Å². The molecule has 3 aliphatic heterocycles. The topological polar surface area (TPSA) is 93.7 Å². The highest BCUT2D eigenvalue weighted by Gasteiger charge is 2.58. The lowest BCUT2D eigenvalue weighted by Gasteiger charge is -2.47. The second kappa shape index (κ2) is 16.5. The third-order valence-corrected chi connectivity index (χ3v) is 11.8. The molecule has 3 aromatic carbocycles. The van der Waals surface area contributed by atoms with E-state index >= 15 is 30.7 Å². The number of alkyl halides is 5. The molecule has 326 valence electrons. The third kappa shape index (κ3) is 8.39. The molecule has 2 amide bonds. The molecule has 2 saturated heterocycles. The molecule has 0 saturated carbocycles. The molecule has 7 rings (SSSR count). The van der Waals surface area contributed by atoms with Crippen molar-refractivity contribution in [2.24, 2.45) is 0 Å². The average molecular weight is 924 g/mol. The van der Waals surface area contributed by atoms with Crippen molar-refractivity contribution in [2.75, 3.05) is 25.7 Å². The highest BCUT2D eigenvalue weighted by atomic mass is 79.9. The van der Waals surface area contributed by atoms with Gasteiger partial charge in [0.2, 0.25) is 5.88 Å². The van der Waals surface area contributed by atoms with Gasteiger partial charge in [-0.1, -0.05) is 24.3 Å². The van der Waals surface area contributed by atoms with Crippen molar-refractivity contribution in [3.8, 4) is 28.6 Å². The number of rotatable bonds is 9. The van der Waals surface area contributed by atoms with Crippen LogP contribution in [0.2, 0.25) is 0 Å². The zero-order chi connectivity index (χ0) is 44.3. The quantitative estimate of drug-likeness (QED) is 0.153. The Balaban J connectivity index is 1.37. The van der Waals surface area contributed by atoms with Crippen LogP contribution in [0.5, 0.6) is 17.4 Å². The Morgan fingerprint density at radius 3 is 2.03 bits per heavy atom. The van der Waals surface area contributed by atoms with Gasteiger partial charge < -0.3 is 28.7 Å². The second-order valence-corrected chi connectivity index (χ2v) is 16.9. The number of ether oxygens (including phenoxy) is 4. The summed E-state index contributed by atoms with van der Waals surface area (Å²) in [7, 11) is 2.95. The van der Waals surface area contributed by atoms with E-state index in [-0.39, 0.29) is 31.7 Å². The summed E-state index contributed by atoms with van der Waals surface area (Å²) in [6.07, 6.45) is -11.0. The number of anilines is 1. The highest BCUT2D eigenvalue weighted by molar-refractivity contribution is 9.10. The second-order valence-electron chi connectivity index (χ2n) is 16.1. The first-order valence-electron chi connectivity index (χ1n) is 19.3. The van der Waals surface area contributed by atoms with E-state index in [2.05, 4.69) is 20.9 Å². The number of methoxy groups -OCH3 is 2. The van der Waals surface area contributed by atoms with Gasteiger partial charge in [0.05, 0.1) is 48.1 Å². The lowest BCUT2D eigenvalue weighted by molar-refractivity contribution is -0.137. The number of aromatic nitrogens is 1. The molecule has 4 heterocycles. The Morgan fingerprint density at radius 2 is 1.52 bits per heavy atom. The minimum atomic E-state index is -5.28. The first kappa shape index (κ1) is 43.8. The number of carbonyl (C=O) groups is 2. The summed E-state index contributed by atoms with van der Waals surface area (Å²) < 4.78 is 130. The number of piperazine rings is 1. The van der Waals surface area contributed by atoms with E-state index in [9.17, 15) is 9.59 Å². The van der Waals surface area contributed by atoms with E-state index < -0.39 is 104 Å². The smallest absolute Gasteiger partial charge is 0.417 e. The van der Waals surface area contributed by atoms with Crippen molar-refractivity contribution in [1.82, 2.24) is 14.8 Å². The number of pyridine rings is 1. The molecule has 4 aromatic rings. The van der Waals surface area contributed by atoms with Gasteiger partial charge in [-0.05, 0) is 103 Å². The van der Waals surface area contributed by atoms with E-state index in [1.54, 1.807) is 69.3 Å². The Bertz CT molecular complexity index is 2280. The Kier molecular flexibility index (Phi) is 11.9. The molecule has 0 unspecified atom stereocenters. The van der Waals surface area contributed by atoms with Crippen LogP contribution in [-0.4, -0.2) is 83.8 Å². The van der Waals surface area contributed by atoms with Crippen LogP contribution in [0, 0.1) is 18.6 Å². The van der Waals surface area contributed by atoms with Crippen LogP contribution in [0.15, 0.2) is 59.1 Å². The lowest BCUT2D eigenvalue weighted by atomic mass is 9.95. The molecule has 2 bridgehead atoms. The molecule has 0 aliphatic carbocycles. The minimum Gasteiger partial charge on any atom is -0.497 e. The van der Waals surface area contributed by atoms with Crippen molar-refractivity contribution in [3.63, 3.8) is 0 Å². The normalized spacial score (nSPS) is 19.9. The zero-order valence-electron chi connectivity index (χ0n) is 33.9. The van der Waals surface area contributed by atoms with Gasteiger partial charge in [-0.3, -0.25) is 9.69 Å². The number of carbonyl (C=O) groups excluding carboxylic acids is 2. The maximum absolute atomic E-state index is 16.9. The summed E-state index contributed by atoms with van der Waals surface area (Å²) in [6.45, 7) is 5.50. The molecule has 18 heteroatoms. The third-order valence-electron chi connectivity index (χ3n) is 11.1. The molecule has 3 aliphatic rings. The van der Waals surface area contributed by atoms with Gasteiger partial charge in [0, 0.05) is 25.2 Å². The molecule has 61 heavy (non-hydrogen) atoms. The molecule has 4 atom stereocenters. The molecule has 1 aromatic heterocycles.